The minimum absolute atomic E-state index is 0. The Bertz CT molecular complexity index is 81.9. The monoisotopic (exact) mass is 347 g/mol. The topological polar surface area (TPSA) is 172 Å². The molecular formula is IrN3O7. The van der Waals surface area contributed by atoms with E-state index in [4.69, 9.17) is 41.1 Å². The number of hydrogen-bond donors (Lipinski definition) is 0. The Labute approximate surface area is 72.2 Å². The van der Waals surface area contributed by atoms with Gasteiger partial charge in [0.1, 0.15) is 0 Å². The summed E-state index contributed by atoms with van der Waals surface area (Å²) in [7, 11) is 0. The molecule has 0 atom stereocenters. The van der Waals surface area contributed by atoms with Crippen LogP contribution in [0.2, 0.25) is 0 Å². The first-order chi connectivity index (χ1) is 4.46. The van der Waals surface area contributed by atoms with Crippen molar-refractivity contribution in [3.05, 3.63) is 41.1 Å². The van der Waals surface area contributed by atoms with Gasteiger partial charge in [-0.2, -0.15) is 0 Å². The van der Waals surface area contributed by atoms with Crippen LogP contribution in [0.25, 0.3) is 5.59 Å². The second-order valence-electron chi connectivity index (χ2n) is 0.447. The van der Waals surface area contributed by atoms with Gasteiger partial charge >= 0.3 is 20.1 Å². The van der Waals surface area contributed by atoms with Crippen molar-refractivity contribution in [2.45, 2.75) is 0 Å². The Morgan fingerprint density at radius 2 is 0.818 bits per heavy atom. The van der Waals surface area contributed by atoms with E-state index in [9.17, 15) is 0 Å². The molecule has 10 nitrogen and oxygen atoms in total. The van der Waals surface area contributed by atoms with Gasteiger partial charge in [0.05, 0.1) is 10.2 Å². The van der Waals surface area contributed by atoms with E-state index in [1.165, 1.54) is 0 Å². The average Bonchev–Trinajstić information content (AvgIpc) is 1.66. The third-order valence-corrected chi connectivity index (χ3v) is 0. The zero-order valence-corrected chi connectivity index (χ0v) is 6.93. The maximum Gasteiger partial charge on any atom is 3.00 e. The molecule has 0 aliphatic rings. The summed E-state index contributed by atoms with van der Waals surface area (Å²) in [6.45, 7) is 0. The zero-order chi connectivity index (χ0) is 9.15. The number of rotatable bonds is 0. The molecule has 0 saturated heterocycles. The SMILES string of the molecule is O=[N+]([O-])[O-].O=[N+]([O-])[O-].[Ir+3].[N-]=O. The fraction of sp³-hybridized carbons (Fsp3) is 0. The van der Waals surface area contributed by atoms with E-state index in [1.54, 1.807) is 0 Å². The number of nitrogens with zero attached hydrogens (tertiary/aromatic N) is 3. The third-order valence-electron chi connectivity index (χ3n) is 0. The van der Waals surface area contributed by atoms with E-state index >= 15 is 0 Å². The molecule has 0 aliphatic carbocycles. The minimum Gasteiger partial charge on any atom is -0.577 e. The van der Waals surface area contributed by atoms with Crippen molar-refractivity contribution >= 4 is 0 Å². The van der Waals surface area contributed by atoms with Gasteiger partial charge in [-0.1, -0.05) is 0 Å². The maximum absolute atomic E-state index is 8.25. The van der Waals surface area contributed by atoms with Crippen LogP contribution in [-0.4, -0.2) is 10.2 Å². The Hall–Kier alpha value is -1.35. The molecule has 0 spiro atoms. The van der Waals surface area contributed by atoms with Gasteiger partial charge in [0, 0.05) is 0 Å². The molecule has 0 rings (SSSR count). The number of nitroso groups, excluding NO2 is 1. The molecule has 0 aromatic carbocycles. The summed E-state index contributed by atoms with van der Waals surface area (Å²) < 4.78 is 0. The van der Waals surface area contributed by atoms with Crippen LogP contribution in [0.4, 0.5) is 0 Å². The summed E-state index contributed by atoms with van der Waals surface area (Å²) in [5.74, 6) is 0. The molecule has 0 bridgehead atoms. The molecule has 0 fully saturated rings. The van der Waals surface area contributed by atoms with Gasteiger partial charge in [0.25, 0.3) is 0 Å². The first-order valence-corrected chi connectivity index (χ1v) is 1.28. The fourth-order valence-corrected chi connectivity index (χ4v) is 0. The van der Waals surface area contributed by atoms with Crippen LogP contribution in [0.15, 0.2) is 0 Å². The molecule has 0 saturated carbocycles. The minimum atomic E-state index is -1.75. The Kier molecular flexibility index (Phi) is 48.1. The molecule has 0 N–H and O–H groups in total. The molecule has 11 heavy (non-hydrogen) atoms. The molecule has 0 heterocycles. The second kappa shape index (κ2) is 23.4. The maximum atomic E-state index is 8.25. The van der Waals surface area contributed by atoms with Crippen LogP contribution in [0.5, 0.6) is 0 Å². The van der Waals surface area contributed by atoms with E-state index in [0.29, 0.717) is 0 Å². The molecule has 0 aromatic heterocycles. The molecular weight excluding hydrogens is 346 g/mol. The van der Waals surface area contributed by atoms with Crippen molar-refractivity contribution in [1.29, 1.82) is 0 Å². The normalized spacial score (nSPS) is 4.73. The van der Waals surface area contributed by atoms with Gasteiger partial charge in [0.15, 0.2) is 0 Å². The van der Waals surface area contributed by atoms with Crippen molar-refractivity contribution in [1.82, 2.24) is 0 Å². The summed E-state index contributed by atoms with van der Waals surface area (Å²) in [6, 6.07) is 0. The van der Waals surface area contributed by atoms with Crippen molar-refractivity contribution in [3.8, 4) is 0 Å². The molecule has 0 amide bonds. The van der Waals surface area contributed by atoms with Gasteiger partial charge in [-0.15, -0.1) is 0 Å². The smallest absolute Gasteiger partial charge is 0.577 e. The Balaban J connectivity index is -0.0000000339. The summed E-state index contributed by atoms with van der Waals surface area (Å²) in [6.07, 6.45) is 0. The van der Waals surface area contributed by atoms with E-state index in [0.717, 1.165) is 0 Å². The van der Waals surface area contributed by atoms with Crippen LogP contribution in [0, 0.1) is 35.6 Å². The summed E-state index contributed by atoms with van der Waals surface area (Å²) in [5, 5.41) is 29.5. The molecule has 0 aliphatic heterocycles. The quantitative estimate of drug-likeness (QED) is 0.433. The van der Waals surface area contributed by atoms with Crippen LogP contribution in [0.1, 0.15) is 0 Å². The fourth-order valence-electron chi connectivity index (χ4n) is 0. The van der Waals surface area contributed by atoms with Crippen LogP contribution >= 0.6 is 0 Å². The predicted molar refractivity (Wildman–Crippen MR) is 27.4 cm³/mol. The molecule has 66 valence electrons. The molecule has 0 unspecified atom stereocenters. The Morgan fingerprint density at radius 3 is 0.818 bits per heavy atom. The first kappa shape index (κ1) is 22.6. The van der Waals surface area contributed by atoms with Crippen molar-refractivity contribution in [2.24, 2.45) is 0 Å². The van der Waals surface area contributed by atoms with Gasteiger partial charge in [-0.3, -0.25) is 0 Å². The largest absolute Gasteiger partial charge is 3.00 e. The van der Waals surface area contributed by atoms with E-state index in [2.05, 4.69) is 0 Å². The zero-order valence-electron chi connectivity index (χ0n) is 4.53. The third kappa shape index (κ3) is 210. The van der Waals surface area contributed by atoms with Crippen LogP contribution < -0.4 is 0 Å². The summed E-state index contributed by atoms with van der Waals surface area (Å²) in [5.41, 5.74) is 5.75. The average molecular weight is 346 g/mol. The Morgan fingerprint density at radius 1 is 0.818 bits per heavy atom. The van der Waals surface area contributed by atoms with Gasteiger partial charge in [0.2, 0.25) is 0 Å². The predicted octanol–water partition coefficient (Wildman–Crippen LogP) is -0.159. The number of hydrogen-bond acceptors (Lipinski definition) is 7. The first-order valence-electron chi connectivity index (χ1n) is 1.28. The van der Waals surface area contributed by atoms with E-state index in [-0.39, 0.29) is 20.1 Å². The second-order valence-corrected chi connectivity index (χ2v) is 0.447. The van der Waals surface area contributed by atoms with Gasteiger partial charge < -0.3 is 41.1 Å². The summed E-state index contributed by atoms with van der Waals surface area (Å²) in [4.78, 5) is 23.8. The molecule has 0 aromatic rings. The van der Waals surface area contributed by atoms with Crippen molar-refractivity contribution in [3.63, 3.8) is 0 Å². The molecule has 0 radical (unpaired) electrons. The van der Waals surface area contributed by atoms with Crippen molar-refractivity contribution < 1.29 is 30.3 Å². The van der Waals surface area contributed by atoms with E-state index in [1.807, 2.05) is 0 Å². The summed E-state index contributed by atoms with van der Waals surface area (Å²) >= 11 is 0. The van der Waals surface area contributed by atoms with Gasteiger partial charge in [-0.25, -0.2) is 0 Å². The molecule has 11 heteroatoms. The van der Waals surface area contributed by atoms with Gasteiger partial charge in [-0.05, 0) is 0 Å². The van der Waals surface area contributed by atoms with Crippen molar-refractivity contribution in [2.75, 3.05) is 0 Å². The standard InChI is InChI=1S/Ir.2NO3.NO/c;2*2-1(3)4;1-2/q+3;3*-1. The van der Waals surface area contributed by atoms with Crippen LogP contribution in [0.3, 0.4) is 0 Å². The van der Waals surface area contributed by atoms with Crippen LogP contribution in [-0.2, 0) is 20.1 Å². The van der Waals surface area contributed by atoms with E-state index < -0.39 is 10.2 Å².